The van der Waals surface area contributed by atoms with Gasteiger partial charge in [0.15, 0.2) is 0 Å². The van der Waals surface area contributed by atoms with Gasteiger partial charge in [-0.3, -0.25) is 0 Å². The molecule has 0 aliphatic heterocycles. The van der Waals surface area contributed by atoms with Gasteiger partial charge in [-0.1, -0.05) is 34.6 Å². The van der Waals surface area contributed by atoms with Crippen LogP contribution in [0.5, 0.6) is 0 Å². The first-order chi connectivity index (χ1) is 7.93. The fourth-order valence-electron chi connectivity index (χ4n) is 3.26. The van der Waals surface area contributed by atoms with E-state index >= 15 is 0 Å². The monoisotopic (exact) mass is 235 g/mol. The van der Waals surface area contributed by atoms with Crippen LogP contribution in [0.2, 0.25) is 0 Å². The van der Waals surface area contributed by atoms with Gasteiger partial charge < -0.3 is 9.73 Å². The van der Waals surface area contributed by atoms with E-state index in [0.29, 0.717) is 22.8 Å². The number of furan rings is 1. The van der Waals surface area contributed by atoms with Crippen molar-refractivity contribution in [3.8, 4) is 0 Å². The maximum atomic E-state index is 5.25. The third-order valence-corrected chi connectivity index (χ3v) is 4.98. The molecule has 1 heterocycles. The molecule has 1 unspecified atom stereocenters. The summed E-state index contributed by atoms with van der Waals surface area (Å²) in [6, 6.07) is 2.52. The number of hydrogen-bond acceptors (Lipinski definition) is 2. The molecular weight excluding hydrogens is 210 g/mol. The highest BCUT2D eigenvalue weighted by molar-refractivity contribution is 5.24. The Bertz CT molecular complexity index is 350. The van der Waals surface area contributed by atoms with Crippen molar-refractivity contribution in [2.45, 2.75) is 47.1 Å². The highest BCUT2D eigenvalue weighted by atomic mass is 16.3. The van der Waals surface area contributed by atoms with Gasteiger partial charge in [0.25, 0.3) is 0 Å². The highest BCUT2D eigenvalue weighted by Gasteiger charge is 2.67. The van der Waals surface area contributed by atoms with E-state index in [4.69, 9.17) is 4.42 Å². The molecule has 96 valence electrons. The van der Waals surface area contributed by atoms with Crippen molar-refractivity contribution in [3.05, 3.63) is 24.2 Å². The number of rotatable bonds is 5. The van der Waals surface area contributed by atoms with Crippen molar-refractivity contribution in [1.29, 1.82) is 0 Å². The molecule has 1 aromatic heterocycles. The average Bonchev–Trinajstić information content (AvgIpc) is 2.66. The van der Waals surface area contributed by atoms with E-state index in [-0.39, 0.29) is 0 Å². The van der Waals surface area contributed by atoms with Crippen LogP contribution in [0.25, 0.3) is 0 Å². The first kappa shape index (κ1) is 12.7. The summed E-state index contributed by atoms with van der Waals surface area (Å²) in [5.41, 5.74) is 2.09. The summed E-state index contributed by atoms with van der Waals surface area (Å²) in [6.45, 7) is 12.8. The largest absolute Gasteiger partial charge is 0.472 e. The van der Waals surface area contributed by atoms with E-state index in [1.807, 2.05) is 6.26 Å². The highest BCUT2D eigenvalue weighted by Crippen LogP contribution is 2.72. The molecule has 0 spiro atoms. The van der Waals surface area contributed by atoms with Crippen LogP contribution < -0.4 is 5.32 Å². The van der Waals surface area contributed by atoms with Crippen molar-refractivity contribution in [1.82, 2.24) is 5.32 Å². The maximum Gasteiger partial charge on any atom is 0.0950 e. The first-order valence-corrected chi connectivity index (χ1v) is 6.68. The Morgan fingerprint density at radius 3 is 2.35 bits per heavy atom. The fourth-order valence-corrected chi connectivity index (χ4v) is 3.26. The lowest BCUT2D eigenvalue weighted by atomic mass is 9.98. The van der Waals surface area contributed by atoms with Gasteiger partial charge in [0.05, 0.1) is 12.5 Å². The predicted molar refractivity (Wildman–Crippen MR) is 70.8 cm³/mol. The molecular formula is C15H25NO. The summed E-state index contributed by atoms with van der Waals surface area (Å²) in [5, 5.41) is 3.68. The lowest BCUT2D eigenvalue weighted by molar-refractivity contribution is 0.406. The van der Waals surface area contributed by atoms with Gasteiger partial charge in [0, 0.05) is 11.6 Å². The Kier molecular flexibility index (Phi) is 3.11. The van der Waals surface area contributed by atoms with Crippen LogP contribution in [0, 0.1) is 16.7 Å². The molecule has 0 bridgehead atoms. The molecule has 2 heteroatoms. The Hall–Kier alpha value is -0.760. The second-order valence-corrected chi connectivity index (χ2v) is 6.41. The van der Waals surface area contributed by atoms with Crippen molar-refractivity contribution in [2.75, 3.05) is 6.54 Å². The Morgan fingerprint density at radius 1 is 1.29 bits per heavy atom. The van der Waals surface area contributed by atoms with E-state index in [1.54, 1.807) is 6.26 Å². The van der Waals surface area contributed by atoms with Crippen molar-refractivity contribution < 1.29 is 4.42 Å². The van der Waals surface area contributed by atoms with Gasteiger partial charge in [-0.15, -0.1) is 0 Å². The molecule has 1 fully saturated rings. The third kappa shape index (κ3) is 1.93. The third-order valence-electron chi connectivity index (χ3n) is 4.98. The molecule has 2 nitrogen and oxygen atoms in total. The van der Waals surface area contributed by atoms with E-state index in [9.17, 15) is 0 Å². The Labute approximate surface area is 105 Å². The van der Waals surface area contributed by atoms with Crippen molar-refractivity contribution in [2.24, 2.45) is 16.7 Å². The minimum atomic E-state index is 0.398. The molecule has 0 radical (unpaired) electrons. The van der Waals surface area contributed by atoms with Gasteiger partial charge in [-0.05, 0) is 35.8 Å². The van der Waals surface area contributed by atoms with Crippen LogP contribution in [0.15, 0.2) is 23.0 Å². The summed E-state index contributed by atoms with van der Waals surface area (Å²) >= 11 is 0. The summed E-state index contributed by atoms with van der Waals surface area (Å²) in [4.78, 5) is 0. The minimum Gasteiger partial charge on any atom is -0.472 e. The zero-order chi connectivity index (χ0) is 12.7. The molecule has 2 rings (SSSR count). The van der Waals surface area contributed by atoms with Crippen LogP contribution in [0.1, 0.15) is 52.6 Å². The predicted octanol–water partition coefficient (Wildman–Crippen LogP) is 4.00. The Morgan fingerprint density at radius 2 is 1.94 bits per heavy atom. The van der Waals surface area contributed by atoms with E-state index < -0.39 is 0 Å². The summed E-state index contributed by atoms with van der Waals surface area (Å²) < 4.78 is 5.25. The quantitative estimate of drug-likeness (QED) is 0.834. The summed E-state index contributed by atoms with van der Waals surface area (Å²) in [7, 11) is 0. The van der Waals surface area contributed by atoms with Crippen LogP contribution in [0.3, 0.4) is 0 Å². The molecule has 1 atom stereocenters. The molecule has 0 saturated heterocycles. The minimum absolute atomic E-state index is 0.398. The van der Waals surface area contributed by atoms with E-state index in [2.05, 4.69) is 46.0 Å². The maximum absolute atomic E-state index is 5.25. The molecule has 1 N–H and O–H groups in total. The van der Waals surface area contributed by atoms with Gasteiger partial charge in [0.1, 0.15) is 0 Å². The van der Waals surface area contributed by atoms with Crippen molar-refractivity contribution in [3.63, 3.8) is 0 Å². The lowest BCUT2D eigenvalue weighted by Crippen LogP contribution is -2.25. The zero-order valence-corrected chi connectivity index (χ0v) is 11.7. The normalized spacial score (nSPS) is 23.6. The average molecular weight is 235 g/mol. The van der Waals surface area contributed by atoms with Gasteiger partial charge in [-0.2, -0.15) is 0 Å². The summed E-state index contributed by atoms with van der Waals surface area (Å²) in [5.74, 6) is 0.680. The van der Waals surface area contributed by atoms with E-state index in [1.165, 1.54) is 12.0 Å². The van der Waals surface area contributed by atoms with Crippen LogP contribution in [-0.2, 0) is 0 Å². The first-order valence-electron chi connectivity index (χ1n) is 6.68. The molecule has 1 aliphatic rings. The van der Waals surface area contributed by atoms with E-state index in [0.717, 1.165) is 6.54 Å². The topological polar surface area (TPSA) is 25.2 Å². The zero-order valence-electron chi connectivity index (χ0n) is 11.7. The van der Waals surface area contributed by atoms with Gasteiger partial charge in [0.2, 0.25) is 0 Å². The van der Waals surface area contributed by atoms with Crippen molar-refractivity contribution >= 4 is 0 Å². The lowest BCUT2D eigenvalue weighted by Gasteiger charge is -2.19. The Balaban J connectivity index is 2.19. The van der Waals surface area contributed by atoms with Crippen LogP contribution >= 0.6 is 0 Å². The molecule has 17 heavy (non-hydrogen) atoms. The number of nitrogens with one attached hydrogen (secondary N) is 1. The molecule has 1 aliphatic carbocycles. The smallest absolute Gasteiger partial charge is 0.0950 e. The molecule has 0 amide bonds. The molecule has 0 aromatic carbocycles. The number of hydrogen-bond donors (Lipinski definition) is 1. The van der Waals surface area contributed by atoms with Crippen LogP contribution in [0.4, 0.5) is 0 Å². The SMILES string of the molecule is CCCNC(c1ccoc1)C1C(C)(C)C1(C)C. The van der Waals surface area contributed by atoms with Gasteiger partial charge >= 0.3 is 0 Å². The second kappa shape index (κ2) is 4.16. The van der Waals surface area contributed by atoms with Crippen LogP contribution in [-0.4, -0.2) is 6.54 Å². The standard InChI is InChI=1S/C15H25NO/c1-6-8-16-12(11-7-9-17-10-11)13-14(2,3)15(13,4)5/h7,9-10,12-13,16H,6,8H2,1-5H3. The second-order valence-electron chi connectivity index (χ2n) is 6.41. The van der Waals surface area contributed by atoms with Gasteiger partial charge in [-0.25, -0.2) is 0 Å². The molecule has 1 saturated carbocycles. The molecule has 1 aromatic rings. The summed E-state index contributed by atoms with van der Waals surface area (Å²) in [6.07, 6.45) is 4.83. The fraction of sp³-hybridized carbons (Fsp3) is 0.733.